The van der Waals surface area contributed by atoms with Crippen molar-refractivity contribution in [3.05, 3.63) is 35.4 Å². The van der Waals surface area contributed by atoms with Crippen LogP contribution in [0.15, 0.2) is 30.4 Å². The van der Waals surface area contributed by atoms with Gasteiger partial charge in [0.25, 0.3) is 0 Å². The van der Waals surface area contributed by atoms with Crippen LogP contribution in [0.4, 0.5) is 5.69 Å². The summed E-state index contributed by atoms with van der Waals surface area (Å²) in [7, 11) is 0. The fraction of sp³-hybridized carbons (Fsp3) is 0.474. The van der Waals surface area contributed by atoms with Gasteiger partial charge in [-0.15, -0.1) is 0 Å². The maximum Gasteiger partial charge on any atom is 0.307 e. The van der Waals surface area contributed by atoms with E-state index in [1.165, 1.54) is 0 Å². The molecule has 2 aliphatic rings. The van der Waals surface area contributed by atoms with E-state index in [1.807, 2.05) is 6.08 Å². The summed E-state index contributed by atoms with van der Waals surface area (Å²) in [6.07, 6.45) is 6.41. The maximum atomic E-state index is 12.7. The lowest BCUT2D eigenvalue weighted by Crippen LogP contribution is -2.34. The maximum absolute atomic E-state index is 12.7. The van der Waals surface area contributed by atoms with Crippen LogP contribution in [-0.2, 0) is 14.3 Å². The summed E-state index contributed by atoms with van der Waals surface area (Å²) in [6.45, 7) is 1.14. The Morgan fingerprint density at radius 1 is 1.27 bits per heavy atom. The van der Waals surface area contributed by atoms with Gasteiger partial charge in [0.1, 0.15) is 12.4 Å². The molecule has 3 atom stereocenters. The van der Waals surface area contributed by atoms with E-state index in [2.05, 4.69) is 5.32 Å². The molecular formula is C19H22ClNO5. The van der Waals surface area contributed by atoms with Gasteiger partial charge in [0.2, 0.25) is 5.91 Å². The van der Waals surface area contributed by atoms with Crippen molar-refractivity contribution in [1.82, 2.24) is 0 Å². The number of carboxylic acids is 1. The van der Waals surface area contributed by atoms with Gasteiger partial charge in [0, 0.05) is 11.6 Å². The van der Waals surface area contributed by atoms with E-state index in [1.54, 1.807) is 24.3 Å². The number of benzene rings is 1. The molecule has 140 valence electrons. The van der Waals surface area contributed by atoms with Crippen LogP contribution in [0, 0.1) is 11.8 Å². The zero-order chi connectivity index (χ0) is 18.5. The minimum absolute atomic E-state index is 0.0501. The molecule has 1 aromatic carbocycles. The molecule has 0 radical (unpaired) electrons. The van der Waals surface area contributed by atoms with E-state index in [-0.39, 0.29) is 12.0 Å². The second-order valence-corrected chi connectivity index (χ2v) is 7.01. The number of hydrogen-bond acceptors (Lipinski definition) is 4. The number of carbonyl (C=O) groups is 2. The van der Waals surface area contributed by atoms with E-state index in [0.29, 0.717) is 35.9 Å². The van der Waals surface area contributed by atoms with Crippen LogP contribution in [-0.4, -0.2) is 36.3 Å². The van der Waals surface area contributed by atoms with Crippen molar-refractivity contribution in [1.29, 1.82) is 0 Å². The molecule has 7 heteroatoms. The van der Waals surface area contributed by atoms with Gasteiger partial charge in [-0.05, 0) is 43.9 Å². The van der Waals surface area contributed by atoms with Gasteiger partial charge < -0.3 is 19.9 Å². The predicted molar refractivity (Wildman–Crippen MR) is 97.5 cm³/mol. The summed E-state index contributed by atoms with van der Waals surface area (Å²) < 4.78 is 11.4. The van der Waals surface area contributed by atoms with Crippen LogP contribution in [0.5, 0.6) is 5.75 Å². The normalized spacial score (nSPS) is 25.0. The average molecular weight is 380 g/mol. The second-order valence-electron chi connectivity index (χ2n) is 6.57. The molecule has 1 saturated heterocycles. The molecule has 1 aliphatic carbocycles. The summed E-state index contributed by atoms with van der Waals surface area (Å²) in [5, 5.41) is 12.6. The van der Waals surface area contributed by atoms with Gasteiger partial charge >= 0.3 is 5.97 Å². The first-order chi connectivity index (χ1) is 12.5. The van der Waals surface area contributed by atoms with Gasteiger partial charge in [-0.3, -0.25) is 9.59 Å². The van der Waals surface area contributed by atoms with Crippen LogP contribution < -0.4 is 10.1 Å². The Morgan fingerprint density at radius 3 is 2.73 bits per heavy atom. The van der Waals surface area contributed by atoms with Crippen molar-refractivity contribution in [3.8, 4) is 5.75 Å². The fourth-order valence-electron chi connectivity index (χ4n) is 3.29. The lowest BCUT2D eigenvalue weighted by atomic mass is 9.82. The summed E-state index contributed by atoms with van der Waals surface area (Å²) >= 11 is 6.06. The molecule has 1 heterocycles. The van der Waals surface area contributed by atoms with Crippen molar-refractivity contribution < 1.29 is 24.2 Å². The standard InChI is InChI=1S/C19H22ClNO5/c20-12-7-8-17(26-11-13-4-3-9-25-13)16(10-12)21-18(22)14-5-1-2-6-15(14)19(23)24/h1-2,7-8,10,13-15H,3-6,9,11H2,(H,21,22)(H,23,24). The van der Waals surface area contributed by atoms with E-state index in [9.17, 15) is 14.7 Å². The van der Waals surface area contributed by atoms with Gasteiger partial charge in [0.05, 0.1) is 23.6 Å². The number of carboxylic acid groups (broad SMARTS) is 1. The van der Waals surface area contributed by atoms with E-state index in [0.717, 1.165) is 19.4 Å². The molecule has 1 aliphatic heterocycles. The first-order valence-corrected chi connectivity index (χ1v) is 9.15. The van der Waals surface area contributed by atoms with Crippen LogP contribution in [0.1, 0.15) is 25.7 Å². The Balaban J connectivity index is 1.71. The lowest BCUT2D eigenvalue weighted by Gasteiger charge is -2.25. The minimum Gasteiger partial charge on any atom is -0.489 e. The molecular weight excluding hydrogens is 358 g/mol. The van der Waals surface area contributed by atoms with Crippen molar-refractivity contribution in [3.63, 3.8) is 0 Å². The zero-order valence-electron chi connectivity index (χ0n) is 14.3. The Labute approximate surface area is 157 Å². The summed E-state index contributed by atoms with van der Waals surface area (Å²) in [6, 6.07) is 4.99. The van der Waals surface area contributed by atoms with Crippen molar-refractivity contribution in [2.75, 3.05) is 18.5 Å². The number of rotatable bonds is 6. The van der Waals surface area contributed by atoms with E-state index >= 15 is 0 Å². The van der Waals surface area contributed by atoms with Gasteiger partial charge in [-0.1, -0.05) is 23.8 Å². The zero-order valence-corrected chi connectivity index (χ0v) is 15.1. The largest absolute Gasteiger partial charge is 0.489 e. The number of nitrogens with one attached hydrogen (secondary N) is 1. The SMILES string of the molecule is O=C(O)C1CC=CCC1C(=O)Nc1cc(Cl)ccc1OCC1CCCO1. The molecule has 1 aromatic rings. The number of ether oxygens (including phenoxy) is 2. The van der Waals surface area contributed by atoms with Crippen LogP contribution in [0.3, 0.4) is 0 Å². The number of allylic oxidation sites excluding steroid dienone is 2. The average Bonchev–Trinajstić information content (AvgIpc) is 3.14. The second kappa shape index (κ2) is 8.56. The fourth-order valence-corrected chi connectivity index (χ4v) is 3.46. The highest BCUT2D eigenvalue weighted by atomic mass is 35.5. The molecule has 3 unspecified atom stereocenters. The number of anilines is 1. The van der Waals surface area contributed by atoms with Crippen LogP contribution in [0.2, 0.25) is 5.02 Å². The molecule has 1 amide bonds. The highest BCUT2D eigenvalue weighted by molar-refractivity contribution is 6.31. The lowest BCUT2D eigenvalue weighted by molar-refractivity contribution is -0.146. The third-order valence-electron chi connectivity index (χ3n) is 4.73. The number of hydrogen-bond donors (Lipinski definition) is 2. The molecule has 0 spiro atoms. The molecule has 0 aromatic heterocycles. The monoisotopic (exact) mass is 379 g/mol. The first kappa shape index (κ1) is 18.7. The van der Waals surface area contributed by atoms with Gasteiger partial charge in [-0.2, -0.15) is 0 Å². The van der Waals surface area contributed by atoms with Crippen LogP contribution >= 0.6 is 11.6 Å². The Kier molecular flexibility index (Phi) is 6.16. The van der Waals surface area contributed by atoms with E-state index in [4.69, 9.17) is 21.1 Å². The molecule has 0 saturated carbocycles. The van der Waals surface area contributed by atoms with Crippen LogP contribution in [0.25, 0.3) is 0 Å². The smallest absolute Gasteiger partial charge is 0.307 e. The highest BCUT2D eigenvalue weighted by Gasteiger charge is 2.34. The number of halogens is 1. The number of amides is 1. The number of carbonyl (C=O) groups excluding carboxylic acids is 1. The summed E-state index contributed by atoms with van der Waals surface area (Å²) in [5.41, 5.74) is 0.444. The molecule has 0 bridgehead atoms. The topological polar surface area (TPSA) is 84.9 Å². The Morgan fingerprint density at radius 2 is 2.04 bits per heavy atom. The molecule has 3 rings (SSSR count). The number of aliphatic carboxylic acids is 1. The van der Waals surface area contributed by atoms with Gasteiger partial charge in [-0.25, -0.2) is 0 Å². The highest BCUT2D eigenvalue weighted by Crippen LogP contribution is 2.32. The molecule has 1 fully saturated rings. The Hall–Kier alpha value is -2.05. The third-order valence-corrected chi connectivity index (χ3v) is 4.97. The quantitative estimate of drug-likeness (QED) is 0.739. The third kappa shape index (κ3) is 4.56. The molecule has 2 N–H and O–H groups in total. The predicted octanol–water partition coefficient (Wildman–Crippen LogP) is 3.50. The minimum atomic E-state index is -0.963. The van der Waals surface area contributed by atoms with Gasteiger partial charge in [0.15, 0.2) is 0 Å². The van der Waals surface area contributed by atoms with E-state index < -0.39 is 17.8 Å². The Bertz CT molecular complexity index is 699. The molecule has 6 nitrogen and oxygen atoms in total. The van der Waals surface area contributed by atoms with Crippen molar-refractivity contribution in [2.24, 2.45) is 11.8 Å². The van der Waals surface area contributed by atoms with Crippen molar-refractivity contribution >= 4 is 29.2 Å². The molecule has 26 heavy (non-hydrogen) atoms. The summed E-state index contributed by atoms with van der Waals surface area (Å²) in [5.74, 6) is -2.16. The van der Waals surface area contributed by atoms with Crippen molar-refractivity contribution in [2.45, 2.75) is 31.8 Å². The summed E-state index contributed by atoms with van der Waals surface area (Å²) in [4.78, 5) is 24.1. The first-order valence-electron chi connectivity index (χ1n) is 8.77.